The van der Waals surface area contributed by atoms with Crippen LogP contribution in [0.3, 0.4) is 0 Å². The molecule has 0 aromatic carbocycles. The van der Waals surface area contributed by atoms with Gasteiger partial charge in [-0.05, 0) is 42.4 Å². The van der Waals surface area contributed by atoms with Crippen molar-refractivity contribution >= 4 is 0 Å². The molecule has 1 atom stereocenters. The van der Waals surface area contributed by atoms with E-state index in [1.165, 1.54) is 25.7 Å². The third-order valence-corrected chi connectivity index (χ3v) is 2.97. The lowest BCUT2D eigenvalue weighted by Gasteiger charge is -2.19. The molecule has 0 heteroatoms. The van der Waals surface area contributed by atoms with Crippen molar-refractivity contribution in [2.45, 2.75) is 39.5 Å². The maximum atomic E-state index is 2.39. The van der Waals surface area contributed by atoms with E-state index in [4.69, 9.17) is 0 Å². The Bertz CT molecular complexity index is 289. The molecule has 0 spiro atoms. The summed E-state index contributed by atoms with van der Waals surface area (Å²) in [5, 5.41) is 0. The SMILES string of the molecule is C1=CC2C=C2C2=C1CCCC2.CC. The predicted molar refractivity (Wildman–Crippen MR) is 57.6 cm³/mol. The van der Waals surface area contributed by atoms with Crippen LogP contribution in [0.4, 0.5) is 0 Å². The van der Waals surface area contributed by atoms with Crippen LogP contribution in [0.5, 0.6) is 0 Å². The van der Waals surface area contributed by atoms with Gasteiger partial charge in [-0.3, -0.25) is 0 Å². The first-order valence-corrected chi connectivity index (χ1v) is 5.57. The lowest BCUT2D eigenvalue weighted by Crippen LogP contribution is -2.01. The van der Waals surface area contributed by atoms with Crippen LogP contribution in [0.2, 0.25) is 0 Å². The van der Waals surface area contributed by atoms with Gasteiger partial charge in [-0.15, -0.1) is 0 Å². The van der Waals surface area contributed by atoms with Gasteiger partial charge in [-0.25, -0.2) is 0 Å². The molecule has 3 aliphatic carbocycles. The Morgan fingerprint density at radius 2 is 1.92 bits per heavy atom. The Morgan fingerprint density at radius 3 is 2.77 bits per heavy atom. The average molecular weight is 174 g/mol. The number of hydrogen-bond acceptors (Lipinski definition) is 0. The summed E-state index contributed by atoms with van der Waals surface area (Å²) in [4.78, 5) is 0. The van der Waals surface area contributed by atoms with Gasteiger partial charge in [0.05, 0.1) is 0 Å². The topological polar surface area (TPSA) is 0 Å². The van der Waals surface area contributed by atoms with E-state index in [9.17, 15) is 0 Å². The quantitative estimate of drug-likeness (QED) is 0.520. The normalized spacial score (nSPS) is 28.2. The molecule has 1 unspecified atom stereocenters. The second-order valence-electron chi connectivity index (χ2n) is 3.72. The Balaban J connectivity index is 0.000000308. The summed E-state index contributed by atoms with van der Waals surface area (Å²) in [7, 11) is 0. The summed E-state index contributed by atoms with van der Waals surface area (Å²) in [5.41, 5.74) is 4.99. The second-order valence-corrected chi connectivity index (χ2v) is 3.72. The molecule has 0 bridgehead atoms. The zero-order chi connectivity index (χ0) is 9.26. The minimum absolute atomic E-state index is 0.756. The van der Waals surface area contributed by atoms with Crippen molar-refractivity contribution in [3.63, 3.8) is 0 Å². The lowest BCUT2D eigenvalue weighted by atomic mass is 9.86. The van der Waals surface area contributed by atoms with Gasteiger partial charge in [0, 0.05) is 5.92 Å². The van der Waals surface area contributed by atoms with E-state index in [1.54, 1.807) is 16.7 Å². The molecule has 0 heterocycles. The fourth-order valence-electron chi connectivity index (χ4n) is 2.27. The van der Waals surface area contributed by atoms with Gasteiger partial charge < -0.3 is 0 Å². The van der Waals surface area contributed by atoms with Crippen LogP contribution in [0.15, 0.2) is 34.9 Å². The zero-order valence-electron chi connectivity index (χ0n) is 8.64. The Hall–Kier alpha value is -0.780. The van der Waals surface area contributed by atoms with Crippen LogP contribution >= 0.6 is 0 Å². The van der Waals surface area contributed by atoms with Crippen LogP contribution in [0.25, 0.3) is 0 Å². The molecular formula is C13H18. The molecule has 0 nitrogen and oxygen atoms in total. The fourth-order valence-corrected chi connectivity index (χ4v) is 2.27. The average Bonchev–Trinajstić information content (AvgIpc) is 3.00. The standard InChI is InChI=1S/C11H12.C2H6/c1-2-4-10-8(3-1)5-6-9-7-11(9)10;1-2/h5-7,9H,1-4H2;1-2H3. The van der Waals surface area contributed by atoms with Gasteiger partial charge in [0.2, 0.25) is 0 Å². The van der Waals surface area contributed by atoms with Crippen LogP contribution < -0.4 is 0 Å². The molecule has 0 saturated carbocycles. The lowest BCUT2D eigenvalue weighted by molar-refractivity contribution is 0.683. The molecule has 13 heavy (non-hydrogen) atoms. The summed E-state index contributed by atoms with van der Waals surface area (Å²) < 4.78 is 0. The van der Waals surface area contributed by atoms with E-state index in [1.807, 2.05) is 13.8 Å². The first kappa shape index (κ1) is 8.80. The van der Waals surface area contributed by atoms with E-state index >= 15 is 0 Å². The van der Waals surface area contributed by atoms with Gasteiger partial charge >= 0.3 is 0 Å². The Morgan fingerprint density at radius 1 is 1.15 bits per heavy atom. The molecule has 3 aliphatic rings. The molecule has 0 amide bonds. The predicted octanol–water partition coefficient (Wildman–Crippen LogP) is 4.01. The highest BCUT2D eigenvalue weighted by Crippen LogP contribution is 2.46. The summed E-state index contributed by atoms with van der Waals surface area (Å²) in [6.07, 6.45) is 12.6. The largest absolute Gasteiger partial charge is 0.0729 e. The monoisotopic (exact) mass is 174 g/mol. The van der Waals surface area contributed by atoms with Crippen molar-refractivity contribution in [2.75, 3.05) is 0 Å². The van der Waals surface area contributed by atoms with Crippen LogP contribution in [-0.4, -0.2) is 0 Å². The van der Waals surface area contributed by atoms with Gasteiger partial charge in [0.15, 0.2) is 0 Å². The second kappa shape index (κ2) is 3.53. The Labute approximate surface area is 81.0 Å². The third-order valence-electron chi connectivity index (χ3n) is 2.97. The number of fused-ring (bicyclic) bond motifs is 2. The van der Waals surface area contributed by atoms with Crippen LogP contribution in [0, 0.1) is 5.92 Å². The number of rotatable bonds is 0. The highest BCUT2D eigenvalue weighted by Gasteiger charge is 2.30. The molecule has 70 valence electrons. The maximum absolute atomic E-state index is 2.39. The van der Waals surface area contributed by atoms with Gasteiger partial charge in [0.1, 0.15) is 0 Å². The van der Waals surface area contributed by atoms with E-state index in [-0.39, 0.29) is 0 Å². The summed E-state index contributed by atoms with van der Waals surface area (Å²) in [6.45, 7) is 4.00. The fraction of sp³-hybridized carbons (Fsp3) is 0.538. The molecule has 0 fully saturated rings. The minimum Gasteiger partial charge on any atom is -0.0729 e. The molecule has 0 aromatic heterocycles. The van der Waals surface area contributed by atoms with Gasteiger partial charge in [-0.1, -0.05) is 32.1 Å². The van der Waals surface area contributed by atoms with Crippen LogP contribution in [0.1, 0.15) is 39.5 Å². The zero-order valence-corrected chi connectivity index (χ0v) is 8.64. The molecule has 0 aliphatic heterocycles. The van der Waals surface area contributed by atoms with E-state index < -0.39 is 0 Å². The van der Waals surface area contributed by atoms with Gasteiger partial charge in [-0.2, -0.15) is 0 Å². The smallest absolute Gasteiger partial charge is 0.0208 e. The number of hydrogen-bond donors (Lipinski definition) is 0. The molecule has 0 aromatic rings. The van der Waals surface area contributed by atoms with Crippen molar-refractivity contribution < 1.29 is 0 Å². The first-order valence-electron chi connectivity index (χ1n) is 5.57. The third kappa shape index (κ3) is 1.50. The maximum Gasteiger partial charge on any atom is 0.0208 e. The van der Waals surface area contributed by atoms with Gasteiger partial charge in [0.25, 0.3) is 0 Å². The molecule has 0 radical (unpaired) electrons. The highest BCUT2D eigenvalue weighted by molar-refractivity contribution is 5.58. The number of allylic oxidation sites excluding steroid dienone is 6. The van der Waals surface area contributed by atoms with Crippen molar-refractivity contribution in [3.05, 3.63) is 34.9 Å². The van der Waals surface area contributed by atoms with E-state index in [0.717, 1.165) is 5.92 Å². The summed E-state index contributed by atoms with van der Waals surface area (Å²) >= 11 is 0. The van der Waals surface area contributed by atoms with Crippen molar-refractivity contribution in [3.8, 4) is 0 Å². The molecule has 0 saturated heterocycles. The van der Waals surface area contributed by atoms with Crippen LogP contribution in [-0.2, 0) is 0 Å². The van der Waals surface area contributed by atoms with Crippen molar-refractivity contribution in [1.82, 2.24) is 0 Å². The molecule has 3 rings (SSSR count). The van der Waals surface area contributed by atoms with E-state index in [0.29, 0.717) is 0 Å². The molecule has 0 N–H and O–H groups in total. The van der Waals surface area contributed by atoms with Crippen molar-refractivity contribution in [1.29, 1.82) is 0 Å². The van der Waals surface area contributed by atoms with Crippen molar-refractivity contribution in [2.24, 2.45) is 5.92 Å². The summed E-state index contributed by atoms with van der Waals surface area (Å²) in [6, 6.07) is 0. The van der Waals surface area contributed by atoms with E-state index in [2.05, 4.69) is 18.2 Å². The highest BCUT2D eigenvalue weighted by atomic mass is 14.3. The first-order chi connectivity index (χ1) is 6.45. The minimum atomic E-state index is 0.756. The molecular weight excluding hydrogens is 156 g/mol. The Kier molecular flexibility index (Phi) is 2.39. The summed E-state index contributed by atoms with van der Waals surface area (Å²) in [5.74, 6) is 0.756.